The van der Waals surface area contributed by atoms with Crippen molar-refractivity contribution in [3.8, 4) is 0 Å². The maximum Gasteiger partial charge on any atom is 0.420 e. The van der Waals surface area contributed by atoms with Crippen molar-refractivity contribution in [2.24, 2.45) is 0 Å². The first kappa shape index (κ1) is 23.2. The van der Waals surface area contributed by atoms with E-state index in [1.165, 1.54) is 13.0 Å². The number of anilines is 2. The molecule has 11 heteroatoms. The van der Waals surface area contributed by atoms with Crippen LogP contribution >= 0.6 is 11.6 Å². The molecule has 0 unspecified atom stereocenters. The van der Waals surface area contributed by atoms with Gasteiger partial charge in [0.15, 0.2) is 0 Å². The molecule has 0 bridgehead atoms. The van der Waals surface area contributed by atoms with Gasteiger partial charge in [-0.15, -0.1) is 0 Å². The second-order valence-electron chi connectivity index (χ2n) is 8.04. The topological polar surface area (TPSA) is 89.3 Å². The molecule has 1 aromatic heterocycles. The molecule has 0 saturated carbocycles. The molecule has 0 atom stereocenters. The van der Waals surface area contributed by atoms with Crippen molar-refractivity contribution in [1.29, 1.82) is 0 Å². The molecule has 1 fully saturated rings. The summed E-state index contributed by atoms with van der Waals surface area (Å²) < 4.78 is 42.0. The molecule has 33 heavy (non-hydrogen) atoms. The Kier molecular flexibility index (Phi) is 6.40. The fourth-order valence-electron chi connectivity index (χ4n) is 4.15. The van der Waals surface area contributed by atoms with Crippen LogP contribution in [0.1, 0.15) is 35.4 Å². The zero-order valence-corrected chi connectivity index (χ0v) is 18.6. The molecule has 4 N–H and O–H groups in total. The second-order valence-corrected chi connectivity index (χ2v) is 8.48. The Bertz CT molecular complexity index is 1120. The Morgan fingerprint density at radius 1 is 1.27 bits per heavy atom. The summed E-state index contributed by atoms with van der Waals surface area (Å²) in [4.78, 5) is 29.6. The zero-order chi connectivity index (χ0) is 23.8. The van der Waals surface area contributed by atoms with Gasteiger partial charge in [0.1, 0.15) is 5.56 Å². The molecule has 4 rings (SSSR count). The van der Waals surface area contributed by atoms with Crippen molar-refractivity contribution in [2.45, 2.75) is 25.9 Å². The Labute approximate surface area is 193 Å². The molecule has 3 heterocycles. The highest BCUT2D eigenvalue weighted by Crippen LogP contribution is 2.42. The zero-order valence-electron chi connectivity index (χ0n) is 17.8. The molecule has 0 radical (unpaired) electrons. The van der Waals surface area contributed by atoms with E-state index >= 15 is 0 Å². The molecule has 1 saturated heterocycles. The summed E-state index contributed by atoms with van der Waals surface area (Å²) in [7, 11) is 0. The molecule has 2 aromatic rings. The number of halogens is 4. The van der Waals surface area contributed by atoms with Crippen LogP contribution in [0.3, 0.4) is 0 Å². The van der Waals surface area contributed by atoms with E-state index in [0.717, 1.165) is 32.0 Å². The SMILES string of the molecule is Cc1[nH]c(/C=C2\C(=O)Nc3ccc(Cl)cc32)c(C(F)(F)F)c1NC(=O)NCCN1CCCC1. The predicted octanol–water partition coefficient (Wildman–Crippen LogP) is 4.71. The van der Waals surface area contributed by atoms with Crippen molar-refractivity contribution < 1.29 is 22.8 Å². The number of aryl methyl sites for hydroxylation is 1. The standard InChI is InChI=1S/C22H23ClF3N5O2/c1-12-19(30-21(33)27-6-9-31-7-2-3-8-31)18(22(24,25)26)17(28-12)11-15-14-10-13(23)4-5-16(14)29-20(15)32/h4-5,10-11,28H,2-3,6-9H2,1H3,(H,29,32)(H2,27,30,33)/b15-11-. The lowest BCUT2D eigenvalue weighted by molar-refractivity contribution is -0.137. The number of rotatable bonds is 5. The number of urea groups is 1. The predicted molar refractivity (Wildman–Crippen MR) is 121 cm³/mol. The molecule has 1 aromatic carbocycles. The first-order chi connectivity index (χ1) is 15.6. The van der Waals surface area contributed by atoms with Crippen LogP contribution in [0.5, 0.6) is 0 Å². The van der Waals surface area contributed by atoms with Crippen molar-refractivity contribution in [3.63, 3.8) is 0 Å². The third kappa shape index (κ3) is 5.01. The average Bonchev–Trinajstić information content (AvgIpc) is 3.42. The number of nitrogens with one attached hydrogen (secondary N) is 4. The Morgan fingerprint density at radius 3 is 2.70 bits per heavy atom. The van der Waals surface area contributed by atoms with Crippen LogP contribution in [0.25, 0.3) is 11.6 Å². The van der Waals surface area contributed by atoms with E-state index < -0.39 is 23.7 Å². The van der Waals surface area contributed by atoms with Gasteiger partial charge < -0.3 is 25.8 Å². The summed E-state index contributed by atoms with van der Waals surface area (Å²) in [5, 5.41) is 7.89. The molecular formula is C22H23ClF3N5O2. The minimum absolute atomic E-state index is 0.0425. The lowest BCUT2D eigenvalue weighted by Crippen LogP contribution is -2.36. The number of alkyl halides is 3. The number of H-pyrrole nitrogens is 1. The van der Waals surface area contributed by atoms with Gasteiger partial charge >= 0.3 is 12.2 Å². The maximum absolute atomic E-state index is 14.0. The van der Waals surface area contributed by atoms with Crippen molar-refractivity contribution in [1.82, 2.24) is 15.2 Å². The van der Waals surface area contributed by atoms with Gasteiger partial charge in [-0.25, -0.2) is 4.79 Å². The van der Waals surface area contributed by atoms with E-state index in [4.69, 9.17) is 11.6 Å². The lowest BCUT2D eigenvalue weighted by atomic mass is 10.0. The van der Waals surface area contributed by atoms with Gasteiger partial charge in [0.2, 0.25) is 0 Å². The summed E-state index contributed by atoms with van der Waals surface area (Å²) in [5.41, 5.74) is -0.728. The fourth-order valence-corrected chi connectivity index (χ4v) is 4.32. The summed E-state index contributed by atoms with van der Waals surface area (Å²) in [5.74, 6) is -0.540. The molecule has 0 aliphatic carbocycles. The summed E-state index contributed by atoms with van der Waals surface area (Å²) >= 11 is 6.00. The number of aromatic nitrogens is 1. The van der Waals surface area contributed by atoms with Crippen LogP contribution < -0.4 is 16.0 Å². The van der Waals surface area contributed by atoms with Gasteiger partial charge in [-0.1, -0.05) is 11.6 Å². The normalized spacial score (nSPS) is 17.4. The van der Waals surface area contributed by atoms with Crippen LogP contribution in [0.15, 0.2) is 18.2 Å². The number of hydrogen-bond donors (Lipinski definition) is 4. The quantitative estimate of drug-likeness (QED) is 0.466. The minimum atomic E-state index is -4.78. The molecule has 0 spiro atoms. The number of amides is 3. The van der Waals surface area contributed by atoms with Gasteiger partial charge in [-0.2, -0.15) is 13.2 Å². The number of nitrogens with zero attached hydrogens (tertiary/aromatic N) is 1. The van der Waals surface area contributed by atoms with E-state index in [9.17, 15) is 22.8 Å². The average molecular weight is 482 g/mol. The van der Waals surface area contributed by atoms with Crippen molar-refractivity contribution >= 4 is 46.6 Å². The first-order valence-electron chi connectivity index (χ1n) is 10.5. The second kappa shape index (κ2) is 9.11. The van der Waals surface area contributed by atoms with E-state index in [-0.39, 0.29) is 22.6 Å². The van der Waals surface area contributed by atoms with E-state index in [2.05, 4.69) is 25.8 Å². The van der Waals surface area contributed by atoms with Crippen molar-refractivity contribution in [2.75, 3.05) is 36.8 Å². The van der Waals surface area contributed by atoms with Crippen molar-refractivity contribution in [3.05, 3.63) is 45.7 Å². The number of carbonyl (C=O) groups excluding carboxylic acids is 2. The number of fused-ring (bicyclic) bond motifs is 1. The van der Waals surface area contributed by atoms with E-state index in [1.54, 1.807) is 12.1 Å². The molecule has 2 aliphatic rings. The van der Waals surface area contributed by atoms with Crippen LogP contribution in [0, 0.1) is 6.92 Å². The third-order valence-electron chi connectivity index (χ3n) is 5.70. The van der Waals surface area contributed by atoms with Crippen LogP contribution in [0.4, 0.5) is 29.3 Å². The third-order valence-corrected chi connectivity index (χ3v) is 5.94. The number of benzene rings is 1. The maximum atomic E-state index is 14.0. The first-order valence-corrected chi connectivity index (χ1v) is 10.9. The van der Waals surface area contributed by atoms with E-state index in [0.29, 0.717) is 29.4 Å². The van der Waals surface area contributed by atoms with Crippen LogP contribution in [-0.2, 0) is 11.0 Å². The molecule has 7 nitrogen and oxygen atoms in total. The van der Waals surface area contributed by atoms with Gasteiger partial charge in [-0.3, -0.25) is 4.79 Å². The van der Waals surface area contributed by atoms with Gasteiger partial charge in [-0.05, 0) is 57.1 Å². The number of likely N-dealkylation sites (tertiary alicyclic amines) is 1. The summed E-state index contributed by atoms with van der Waals surface area (Å²) in [6, 6.07) is 3.95. The van der Waals surface area contributed by atoms with Gasteiger partial charge in [0.05, 0.1) is 17.0 Å². The Morgan fingerprint density at radius 2 is 2.00 bits per heavy atom. The summed E-state index contributed by atoms with van der Waals surface area (Å²) in [6.07, 6.45) is -1.43. The monoisotopic (exact) mass is 481 g/mol. The highest BCUT2D eigenvalue weighted by Gasteiger charge is 2.39. The lowest BCUT2D eigenvalue weighted by Gasteiger charge is -2.16. The van der Waals surface area contributed by atoms with Gasteiger partial charge in [0, 0.05) is 35.1 Å². The highest BCUT2D eigenvalue weighted by molar-refractivity contribution is 6.36. The largest absolute Gasteiger partial charge is 0.420 e. The van der Waals surface area contributed by atoms with E-state index in [1.807, 2.05) is 0 Å². The number of aromatic amines is 1. The molecule has 176 valence electrons. The number of carbonyl (C=O) groups is 2. The smallest absolute Gasteiger partial charge is 0.357 e. The Balaban J connectivity index is 1.60. The minimum Gasteiger partial charge on any atom is -0.357 e. The fraction of sp³-hybridized carbons (Fsp3) is 0.364. The molecule has 2 aliphatic heterocycles. The van der Waals surface area contributed by atoms with Crippen LogP contribution in [0.2, 0.25) is 5.02 Å². The van der Waals surface area contributed by atoms with Gasteiger partial charge in [0.25, 0.3) is 5.91 Å². The Hall–Kier alpha value is -2.98. The molecular weight excluding hydrogens is 459 g/mol. The summed E-state index contributed by atoms with van der Waals surface area (Å²) in [6.45, 7) is 4.30. The van der Waals surface area contributed by atoms with Crippen LogP contribution in [-0.4, -0.2) is 48.0 Å². The molecule has 3 amide bonds. The highest BCUT2D eigenvalue weighted by atomic mass is 35.5. The number of hydrogen-bond acceptors (Lipinski definition) is 3.